The molecule has 1 rings (SSSR count). The van der Waals surface area contributed by atoms with Crippen molar-refractivity contribution in [3.8, 4) is 42.1 Å². The maximum atomic E-state index is 9.32. The summed E-state index contributed by atoms with van der Waals surface area (Å²) in [4.78, 5) is 0. The largest absolute Gasteiger partial charge is 0.493 e. The van der Waals surface area contributed by atoms with E-state index in [0.717, 1.165) is 25.7 Å². The minimum Gasteiger partial charge on any atom is -0.493 e. The van der Waals surface area contributed by atoms with Crippen LogP contribution in [0.1, 0.15) is 39.5 Å². The summed E-state index contributed by atoms with van der Waals surface area (Å²) in [5, 5.41) is 28.6. The van der Waals surface area contributed by atoms with Crippen LogP contribution in [0.3, 0.4) is 0 Å². The summed E-state index contributed by atoms with van der Waals surface area (Å²) in [6.45, 7) is 4.94. The number of ether oxygens (including phenoxy) is 2. The van der Waals surface area contributed by atoms with Crippen LogP contribution in [0.25, 0.3) is 11.1 Å². The Morgan fingerprint density at radius 1 is 0.846 bits per heavy atom. The van der Waals surface area contributed by atoms with E-state index < -0.39 is 0 Å². The highest BCUT2D eigenvalue weighted by Gasteiger charge is 2.11. The van der Waals surface area contributed by atoms with Gasteiger partial charge < -0.3 is 9.47 Å². The molecule has 0 aliphatic carbocycles. The molecule has 0 N–H and O–H groups in total. The molecule has 0 aromatic heterocycles. The zero-order valence-electron chi connectivity index (χ0n) is 15.1. The van der Waals surface area contributed by atoms with Gasteiger partial charge in [-0.15, -0.1) is 6.42 Å². The van der Waals surface area contributed by atoms with Gasteiger partial charge in [-0.1, -0.05) is 32.6 Å². The van der Waals surface area contributed by atoms with Gasteiger partial charge in [-0.05, 0) is 25.0 Å². The van der Waals surface area contributed by atoms with Gasteiger partial charge in [0.25, 0.3) is 0 Å². The van der Waals surface area contributed by atoms with E-state index in [2.05, 4.69) is 5.92 Å². The van der Waals surface area contributed by atoms with E-state index >= 15 is 0 Å². The van der Waals surface area contributed by atoms with Gasteiger partial charge in [-0.2, -0.15) is 15.8 Å². The topological polar surface area (TPSA) is 89.8 Å². The van der Waals surface area contributed by atoms with Crippen LogP contribution in [-0.2, 0) is 0 Å². The fourth-order valence-electron chi connectivity index (χ4n) is 2.16. The number of terminal acetylenes is 1. The highest BCUT2D eigenvalue weighted by molar-refractivity contribution is 5.78. The van der Waals surface area contributed by atoms with Crippen molar-refractivity contribution < 1.29 is 9.47 Å². The van der Waals surface area contributed by atoms with Crippen LogP contribution >= 0.6 is 0 Å². The number of nitriles is 3. The van der Waals surface area contributed by atoms with Gasteiger partial charge in [-0.25, -0.2) is 0 Å². The van der Waals surface area contributed by atoms with E-state index in [1.165, 1.54) is 0 Å². The quantitative estimate of drug-likeness (QED) is 0.532. The lowest BCUT2D eigenvalue weighted by Crippen LogP contribution is -2.21. The Balaban J connectivity index is 3.74. The smallest absolute Gasteiger partial charge is 0.140 e. The summed E-state index contributed by atoms with van der Waals surface area (Å²) >= 11 is 0. The van der Waals surface area contributed by atoms with Gasteiger partial charge in [0, 0.05) is 10.4 Å². The first-order valence-corrected chi connectivity index (χ1v) is 8.51. The summed E-state index contributed by atoms with van der Waals surface area (Å²) in [5.74, 6) is 3.07. The normalized spacial score (nSPS) is 10.5. The standard InChI is InChI=1S/C21H21N3O2/c1-4-7-9-25-20-12-19(17(14-23)15-24)21(26-10-8-5-2)11-18(20)16(6-3)13-22/h3,11-12H,4-5,7-10H2,1-2H3/b18-16-. The van der Waals surface area contributed by atoms with Gasteiger partial charge >= 0.3 is 0 Å². The molecule has 0 unspecified atom stereocenters. The average molecular weight is 347 g/mol. The second-order valence-electron chi connectivity index (χ2n) is 5.48. The summed E-state index contributed by atoms with van der Waals surface area (Å²) in [6, 6.07) is 8.87. The molecular formula is C21H21N3O2. The molecule has 26 heavy (non-hydrogen) atoms. The molecule has 1 aromatic carbocycles. The minimum absolute atomic E-state index is 0.0809. The molecule has 0 saturated carbocycles. The Morgan fingerprint density at radius 2 is 1.27 bits per heavy atom. The molecule has 1 aromatic rings. The molecule has 0 aliphatic rings. The molecule has 5 heteroatoms. The van der Waals surface area contributed by atoms with Crippen LogP contribution in [0.4, 0.5) is 0 Å². The lowest BCUT2D eigenvalue weighted by atomic mass is 10.1. The average Bonchev–Trinajstić information content (AvgIpc) is 2.66. The first-order chi connectivity index (χ1) is 12.7. The number of benzene rings is 1. The van der Waals surface area contributed by atoms with Crippen LogP contribution < -0.4 is 19.9 Å². The van der Waals surface area contributed by atoms with E-state index in [-0.39, 0.29) is 11.1 Å². The Kier molecular flexibility index (Phi) is 8.89. The number of hydrogen-bond donors (Lipinski definition) is 0. The van der Waals surface area contributed by atoms with Crippen molar-refractivity contribution in [3.05, 3.63) is 22.6 Å². The Hall–Kier alpha value is -3.41. The van der Waals surface area contributed by atoms with Gasteiger partial charge in [0.1, 0.15) is 40.9 Å². The Bertz CT molecular complexity index is 809. The molecule has 0 radical (unpaired) electrons. The maximum Gasteiger partial charge on any atom is 0.140 e. The first-order valence-electron chi connectivity index (χ1n) is 8.51. The Morgan fingerprint density at radius 3 is 1.62 bits per heavy atom. The monoisotopic (exact) mass is 347 g/mol. The minimum atomic E-state index is -0.0809. The van der Waals surface area contributed by atoms with Crippen molar-refractivity contribution in [3.63, 3.8) is 0 Å². The predicted molar refractivity (Wildman–Crippen MR) is 99.0 cm³/mol. The molecule has 0 spiro atoms. The molecule has 132 valence electrons. The SMILES string of the molecule is C#C/C(C#N)=c1\cc(OCCCC)c(=C(C#N)C#N)cc1OCCCC. The zero-order valence-corrected chi connectivity index (χ0v) is 15.1. The number of nitrogens with zero attached hydrogens (tertiary/aromatic N) is 3. The van der Waals surface area contributed by atoms with E-state index in [1.807, 2.05) is 32.1 Å². The van der Waals surface area contributed by atoms with E-state index in [4.69, 9.17) is 15.9 Å². The number of unbranched alkanes of at least 4 members (excludes halogenated alkanes) is 2. The van der Waals surface area contributed by atoms with Crippen molar-refractivity contribution >= 4 is 11.1 Å². The fraction of sp³-hybridized carbons (Fsp3) is 0.381. The fourth-order valence-corrected chi connectivity index (χ4v) is 2.16. The van der Waals surface area contributed by atoms with Crippen molar-refractivity contribution in [1.29, 1.82) is 15.8 Å². The summed E-state index contributed by atoms with van der Waals surface area (Å²) in [7, 11) is 0. The maximum absolute atomic E-state index is 9.32. The lowest BCUT2D eigenvalue weighted by Gasteiger charge is -2.11. The van der Waals surface area contributed by atoms with E-state index in [0.29, 0.717) is 35.2 Å². The molecule has 5 nitrogen and oxygen atoms in total. The highest BCUT2D eigenvalue weighted by Crippen LogP contribution is 2.12. The molecule has 0 atom stereocenters. The lowest BCUT2D eigenvalue weighted by molar-refractivity contribution is 0.297. The predicted octanol–water partition coefficient (Wildman–Crippen LogP) is 2.55. The molecule has 0 heterocycles. The molecule has 0 saturated heterocycles. The molecule has 0 amide bonds. The molecule has 0 aliphatic heterocycles. The summed E-state index contributed by atoms with van der Waals surface area (Å²) in [6.07, 6.45) is 8.97. The van der Waals surface area contributed by atoms with E-state index in [9.17, 15) is 15.8 Å². The van der Waals surface area contributed by atoms with E-state index in [1.54, 1.807) is 12.1 Å². The van der Waals surface area contributed by atoms with Crippen molar-refractivity contribution in [2.45, 2.75) is 39.5 Å². The van der Waals surface area contributed by atoms with Crippen LogP contribution in [-0.4, -0.2) is 13.2 Å². The third-order valence-corrected chi connectivity index (χ3v) is 3.61. The zero-order chi connectivity index (χ0) is 19.4. The van der Waals surface area contributed by atoms with Crippen LogP contribution in [0.5, 0.6) is 11.5 Å². The van der Waals surface area contributed by atoms with Gasteiger partial charge in [0.15, 0.2) is 0 Å². The Labute approximate surface area is 154 Å². The van der Waals surface area contributed by atoms with Crippen molar-refractivity contribution in [2.24, 2.45) is 0 Å². The van der Waals surface area contributed by atoms with Crippen molar-refractivity contribution in [1.82, 2.24) is 0 Å². The van der Waals surface area contributed by atoms with Gasteiger partial charge in [0.05, 0.1) is 13.2 Å². The van der Waals surface area contributed by atoms with Gasteiger partial charge in [-0.3, -0.25) is 0 Å². The second-order valence-corrected chi connectivity index (χ2v) is 5.48. The third kappa shape index (κ3) is 5.31. The first kappa shape index (κ1) is 20.6. The highest BCUT2D eigenvalue weighted by atomic mass is 16.5. The third-order valence-electron chi connectivity index (χ3n) is 3.61. The number of rotatable bonds is 8. The van der Waals surface area contributed by atoms with Crippen LogP contribution in [0.15, 0.2) is 12.1 Å². The van der Waals surface area contributed by atoms with Crippen molar-refractivity contribution in [2.75, 3.05) is 13.2 Å². The second kappa shape index (κ2) is 11.2. The summed E-state index contributed by atoms with van der Waals surface area (Å²) in [5.41, 5.74) is 0.0291. The summed E-state index contributed by atoms with van der Waals surface area (Å²) < 4.78 is 11.5. The molecular weight excluding hydrogens is 326 g/mol. The number of hydrogen-bond acceptors (Lipinski definition) is 5. The van der Waals surface area contributed by atoms with Crippen LogP contribution in [0.2, 0.25) is 0 Å². The molecule has 0 bridgehead atoms. The molecule has 0 fully saturated rings. The van der Waals surface area contributed by atoms with Crippen LogP contribution in [0, 0.1) is 46.3 Å². The van der Waals surface area contributed by atoms with Gasteiger partial charge in [0.2, 0.25) is 0 Å².